The highest BCUT2D eigenvalue weighted by molar-refractivity contribution is 7.47. The molecule has 0 fully saturated rings. The molecule has 0 aromatic rings. The molecule has 0 aliphatic carbocycles. The van der Waals surface area contributed by atoms with Crippen LogP contribution >= 0.6 is 7.82 Å². The highest BCUT2D eigenvalue weighted by Gasteiger charge is 2.25. The lowest BCUT2D eigenvalue weighted by atomic mass is 10.1. The van der Waals surface area contributed by atoms with Crippen LogP contribution in [-0.2, 0) is 32.7 Å². The van der Waals surface area contributed by atoms with Crippen LogP contribution in [0.5, 0.6) is 0 Å². The Hall–Kier alpha value is -1.25. The fraction of sp³-hybridized carbons (Fsp3) is 0.882. The number of carbonyl (C=O) groups is 2. The highest BCUT2D eigenvalue weighted by atomic mass is 31.2. The van der Waals surface area contributed by atoms with Crippen LogP contribution in [0.15, 0.2) is 12.2 Å². The van der Waals surface area contributed by atoms with E-state index in [1.165, 1.54) is 77.0 Å². The van der Waals surface area contributed by atoms with Crippen LogP contribution in [0.2, 0.25) is 0 Å². The number of phosphoric ester groups is 1. The first-order chi connectivity index (χ1) is 21.3. The van der Waals surface area contributed by atoms with Crippen molar-refractivity contribution in [3.8, 4) is 0 Å². The highest BCUT2D eigenvalue weighted by Crippen LogP contribution is 2.43. The fourth-order valence-electron chi connectivity index (χ4n) is 4.74. The van der Waals surface area contributed by atoms with Gasteiger partial charge in [-0.05, 0) is 38.5 Å². The number of hydrogen-bond donors (Lipinski definition) is 2. The Labute approximate surface area is 269 Å². The van der Waals surface area contributed by atoms with Gasteiger partial charge in [0.2, 0.25) is 0 Å². The molecular weight excluding hydrogens is 581 g/mol. The first-order valence-electron chi connectivity index (χ1n) is 17.7. The van der Waals surface area contributed by atoms with E-state index in [4.69, 9.17) is 24.3 Å². The van der Waals surface area contributed by atoms with Gasteiger partial charge in [-0.3, -0.25) is 18.6 Å². The molecule has 0 radical (unpaired) electrons. The lowest BCUT2D eigenvalue weighted by Crippen LogP contribution is -2.29. The van der Waals surface area contributed by atoms with E-state index >= 15 is 0 Å². The lowest BCUT2D eigenvalue weighted by molar-refractivity contribution is -0.161. The third kappa shape index (κ3) is 30.8. The second-order valence-electron chi connectivity index (χ2n) is 11.7. The fourth-order valence-corrected chi connectivity index (χ4v) is 5.51. The minimum atomic E-state index is -4.36. The summed E-state index contributed by atoms with van der Waals surface area (Å²) in [5.74, 6) is -0.838. The van der Waals surface area contributed by atoms with Gasteiger partial charge in [0.1, 0.15) is 6.61 Å². The molecule has 0 aliphatic heterocycles. The maximum atomic E-state index is 12.4. The van der Waals surface area contributed by atoms with Gasteiger partial charge in [0.25, 0.3) is 0 Å². The normalized spacial score (nSPS) is 13.6. The zero-order chi connectivity index (χ0) is 32.6. The van der Waals surface area contributed by atoms with Crippen LogP contribution in [0.1, 0.15) is 162 Å². The van der Waals surface area contributed by atoms with Crippen LogP contribution in [0.4, 0.5) is 0 Å². The predicted octanol–water partition coefficient (Wildman–Crippen LogP) is 9.10. The van der Waals surface area contributed by atoms with Crippen LogP contribution in [0, 0.1) is 0 Å². The van der Waals surface area contributed by atoms with Crippen molar-refractivity contribution in [3.63, 3.8) is 0 Å². The number of unbranched alkanes of at least 4 members (excludes halogenated alkanes) is 18. The standard InChI is InChI=1S/C34H66NO8P/c1-3-5-7-9-11-13-15-16-17-19-20-22-24-26-33(36)40-30-32(31-42-44(38,39)41-29-28-35)43-34(37)27-25-23-21-18-14-12-10-8-6-4-2/h13,15,32H,3-12,14,16-31,35H2,1-2H3,(H,38,39)/b15-13-/t32-/m1/s1. The molecule has 3 N–H and O–H groups in total. The first-order valence-corrected chi connectivity index (χ1v) is 19.2. The number of phosphoric acid groups is 1. The van der Waals surface area contributed by atoms with Gasteiger partial charge in [0, 0.05) is 19.4 Å². The van der Waals surface area contributed by atoms with Crippen molar-refractivity contribution in [1.29, 1.82) is 0 Å². The van der Waals surface area contributed by atoms with Crippen molar-refractivity contribution < 1.29 is 37.6 Å². The van der Waals surface area contributed by atoms with E-state index in [0.717, 1.165) is 51.4 Å². The number of nitrogens with two attached hydrogens (primary N) is 1. The molecule has 44 heavy (non-hydrogen) atoms. The van der Waals surface area contributed by atoms with Gasteiger partial charge in [-0.1, -0.05) is 122 Å². The second-order valence-corrected chi connectivity index (χ2v) is 13.2. The maximum absolute atomic E-state index is 12.4. The molecule has 0 saturated heterocycles. The number of rotatable bonds is 33. The molecule has 10 heteroatoms. The summed E-state index contributed by atoms with van der Waals surface area (Å²) in [5.41, 5.74) is 5.31. The van der Waals surface area contributed by atoms with Crippen molar-refractivity contribution in [2.24, 2.45) is 5.73 Å². The van der Waals surface area contributed by atoms with Gasteiger partial charge in [-0.15, -0.1) is 0 Å². The van der Waals surface area contributed by atoms with Crippen LogP contribution in [-0.4, -0.2) is 49.3 Å². The zero-order valence-electron chi connectivity index (χ0n) is 28.2. The molecule has 0 heterocycles. The van der Waals surface area contributed by atoms with E-state index in [0.29, 0.717) is 6.42 Å². The van der Waals surface area contributed by atoms with E-state index in [1.807, 2.05) is 0 Å². The smallest absolute Gasteiger partial charge is 0.462 e. The number of hydrogen-bond acceptors (Lipinski definition) is 8. The number of carbonyl (C=O) groups excluding carboxylic acids is 2. The van der Waals surface area contributed by atoms with E-state index < -0.39 is 32.5 Å². The molecule has 0 rings (SSSR count). The summed E-state index contributed by atoms with van der Waals surface area (Å²) in [7, 11) is -4.36. The largest absolute Gasteiger partial charge is 0.472 e. The molecule has 0 aliphatic rings. The third-order valence-electron chi connectivity index (χ3n) is 7.40. The molecule has 0 aromatic heterocycles. The van der Waals surface area contributed by atoms with E-state index in [1.54, 1.807) is 0 Å². The topological polar surface area (TPSA) is 134 Å². The Balaban J connectivity index is 4.26. The Morgan fingerprint density at radius 3 is 1.64 bits per heavy atom. The monoisotopic (exact) mass is 647 g/mol. The van der Waals surface area contributed by atoms with E-state index in [-0.39, 0.29) is 32.6 Å². The molecular formula is C34H66NO8P. The molecule has 9 nitrogen and oxygen atoms in total. The minimum Gasteiger partial charge on any atom is -0.462 e. The summed E-state index contributed by atoms with van der Waals surface area (Å²) in [6, 6.07) is 0. The molecule has 260 valence electrons. The summed E-state index contributed by atoms with van der Waals surface area (Å²) in [6.07, 6.45) is 28.1. The zero-order valence-corrected chi connectivity index (χ0v) is 29.0. The van der Waals surface area contributed by atoms with Crippen LogP contribution in [0.25, 0.3) is 0 Å². The Kier molecular flexibility index (Phi) is 30.8. The van der Waals surface area contributed by atoms with Gasteiger partial charge in [-0.2, -0.15) is 0 Å². The number of esters is 2. The van der Waals surface area contributed by atoms with Gasteiger partial charge in [0.05, 0.1) is 13.2 Å². The molecule has 0 saturated carbocycles. The molecule has 0 amide bonds. The van der Waals surface area contributed by atoms with Crippen LogP contribution < -0.4 is 5.73 Å². The Morgan fingerprint density at radius 2 is 1.11 bits per heavy atom. The lowest BCUT2D eigenvalue weighted by Gasteiger charge is -2.19. The Bertz CT molecular complexity index is 749. The molecule has 0 spiro atoms. The third-order valence-corrected chi connectivity index (χ3v) is 8.39. The summed E-state index contributed by atoms with van der Waals surface area (Å²) in [6.45, 7) is 3.68. The van der Waals surface area contributed by atoms with Crippen molar-refractivity contribution in [3.05, 3.63) is 12.2 Å². The van der Waals surface area contributed by atoms with Gasteiger partial charge >= 0.3 is 19.8 Å². The van der Waals surface area contributed by atoms with Crippen LogP contribution in [0.3, 0.4) is 0 Å². The van der Waals surface area contributed by atoms with E-state index in [2.05, 4.69) is 26.0 Å². The van der Waals surface area contributed by atoms with Gasteiger partial charge in [0.15, 0.2) is 6.10 Å². The number of ether oxygens (including phenoxy) is 2. The summed E-state index contributed by atoms with van der Waals surface area (Å²) < 4.78 is 32.5. The van der Waals surface area contributed by atoms with Gasteiger partial charge in [-0.25, -0.2) is 4.57 Å². The molecule has 0 aromatic carbocycles. The maximum Gasteiger partial charge on any atom is 0.472 e. The predicted molar refractivity (Wildman–Crippen MR) is 178 cm³/mol. The van der Waals surface area contributed by atoms with Gasteiger partial charge < -0.3 is 20.1 Å². The van der Waals surface area contributed by atoms with Crippen molar-refractivity contribution >= 4 is 19.8 Å². The van der Waals surface area contributed by atoms with E-state index in [9.17, 15) is 19.0 Å². The summed E-state index contributed by atoms with van der Waals surface area (Å²) >= 11 is 0. The first kappa shape index (κ1) is 42.8. The molecule has 0 bridgehead atoms. The van der Waals surface area contributed by atoms with Crippen molar-refractivity contribution in [2.45, 2.75) is 168 Å². The SMILES string of the molecule is CCCCCC/C=C\CCCCCCCC(=O)OC[C@H](COP(=O)(O)OCCN)OC(=O)CCCCCCCCCCCC. The molecule has 1 unspecified atom stereocenters. The summed E-state index contributed by atoms with van der Waals surface area (Å²) in [5, 5.41) is 0. The number of allylic oxidation sites excluding steroid dienone is 2. The average Bonchev–Trinajstić information content (AvgIpc) is 3.00. The quantitative estimate of drug-likeness (QED) is 0.0309. The van der Waals surface area contributed by atoms with Crippen molar-refractivity contribution in [1.82, 2.24) is 0 Å². The average molecular weight is 648 g/mol. The van der Waals surface area contributed by atoms with Crippen molar-refractivity contribution in [2.75, 3.05) is 26.4 Å². The summed E-state index contributed by atoms with van der Waals surface area (Å²) in [4.78, 5) is 34.5. The molecule has 2 atom stereocenters. The second kappa shape index (κ2) is 31.7. The Morgan fingerprint density at radius 1 is 0.659 bits per heavy atom. The minimum absolute atomic E-state index is 0.0546.